The highest BCUT2D eigenvalue weighted by Gasteiger charge is 2.10. The average molecular weight is 264 g/mol. The Morgan fingerprint density at radius 2 is 2.11 bits per heavy atom. The minimum absolute atomic E-state index is 0.304. The summed E-state index contributed by atoms with van der Waals surface area (Å²) in [6.07, 6.45) is 0. The van der Waals surface area contributed by atoms with E-state index in [0.717, 1.165) is 22.6 Å². The van der Waals surface area contributed by atoms with Crippen molar-refractivity contribution in [2.75, 3.05) is 7.05 Å². The van der Waals surface area contributed by atoms with Gasteiger partial charge < -0.3 is 14.6 Å². The molecule has 0 bridgehead atoms. The summed E-state index contributed by atoms with van der Waals surface area (Å²) in [5.41, 5.74) is 2.54. The molecule has 0 aliphatic carbocycles. The van der Waals surface area contributed by atoms with E-state index in [0.29, 0.717) is 18.9 Å². The van der Waals surface area contributed by atoms with Crippen molar-refractivity contribution >= 4 is 0 Å². The normalized spacial score (nSPS) is 10.7. The van der Waals surface area contributed by atoms with E-state index in [4.69, 9.17) is 9.26 Å². The molecule has 1 aromatic heterocycles. The molecule has 0 aliphatic rings. The summed E-state index contributed by atoms with van der Waals surface area (Å²) in [5, 5.41) is 6.83. The van der Waals surface area contributed by atoms with Gasteiger partial charge in [0.05, 0.1) is 11.3 Å². The molecule has 0 saturated heterocycles. The first-order valence-electron chi connectivity index (χ1n) is 6.08. The third kappa shape index (κ3) is 3.32. The summed E-state index contributed by atoms with van der Waals surface area (Å²) in [6, 6.07) is 4.67. The minimum Gasteiger partial charge on any atom is -0.489 e. The Bertz CT molecular complexity index is 547. The molecule has 0 unspecified atom stereocenters. The van der Waals surface area contributed by atoms with E-state index in [1.165, 1.54) is 12.1 Å². The Hall–Kier alpha value is -1.88. The lowest BCUT2D eigenvalue weighted by atomic mass is 10.2. The Kier molecular flexibility index (Phi) is 4.16. The molecule has 0 saturated carbocycles. The number of rotatable bonds is 5. The van der Waals surface area contributed by atoms with Gasteiger partial charge in [0.2, 0.25) is 0 Å². The molecule has 2 rings (SSSR count). The number of aromatic nitrogens is 1. The van der Waals surface area contributed by atoms with Gasteiger partial charge >= 0.3 is 0 Å². The highest BCUT2D eigenvalue weighted by Crippen LogP contribution is 2.20. The van der Waals surface area contributed by atoms with Crippen molar-refractivity contribution in [1.29, 1.82) is 0 Å². The highest BCUT2D eigenvalue weighted by molar-refractivity contribution is 5.30. The van der Waals surface area contributed by atoms with Gasteiger partial charge in [0.1, 0.15) is 23.9 Å². The number of nitrogens with zero attached hydrogens (tertiary/aromatic N) is 1. The fraction of sp³-hybridized carbons (Fsp3) is 0.357. The number of halogens is 1. The van der Waals surface area contributed by atoms with E-state index in [1.807, 2.05) is 27.0 Å². The fourth-order valence-electron chi connectivity index (χ4n) is 1.87. The summed E-state index contributed by atoms with van der Waals surface area (Å²) in [5.74, 6) is 0.927. The lowest BCUT2D eigenvalue weighted by Gasteiger charge is -2.08. The van der Waals surface area contributed by atoms with E-state index in [-0.39, 0.29) is 5.82 Å². The summed E-state index contributed by atoms with van der Waals surface area (Å²) in [7, 11) is 1.81. The molecule has 1 aromatic carbocycles. The van der Waals surface area contributed by atoms with Crippen molar-refractivity contribution in [2.45, 2.75) is 27.0 Å². The molecule has 0 spiro atoms. The summed E-state index contributed by atoms with van der Waals surface area (Å²) in [4.78, 5) is 0. The highest BCUT2D eigenvalue weighted by atomic mass is 19.1. The molecule has 1 heterocycles. The maximum absolute atomic E-state index is 13.4. The van der Waals surface area contributed by atoms with E-state index >= 15 is 0 Å². The zero-order valence-electron chi connectivity index (χ0n) is 11.3. The van der Waals surface area contributed by atoms with Crippen LogP contribution in [-0.2, 0) is 13.2 Å². The zero-order valence-corrected chi connectivity index (χ0v) is 11.3. The lowest BCUT2D eigenvalue weighted by molar-refractivity contribution is 0.300. The molecule has 5 heteroatoms. The summed E-state index contributed by atoms with van der Waals surface area (Å²) in [6.45, 7) is 4.60. The van der Waals surface area contributed by atoms with Gasteiger partial charge in [0.25, 0.3) is 0 Å². The molecular weight excluding hydrogens is 247 g/mol. The molecule has 0 fully saturated rings. The Labute approximate surface area is 111 Å². The monoisotopic (exact) mass is 264 g/mol. The van der Waals surface area contributed by atoms with Crippen molar-refractivity contribution < 1.29 is 13.7 Å². The number of hydrogen-bond acceptors (Lipinski definition) is 4. The summed E-state index contributed by atoms with van der Waals surface area (Å²) < 4.78 is 24.1. The molecule has 0 aliphatic heterocycles. The van der Waals surface area contributed by atoms with E-state index in [2.05, 4.69) is 10.5 Å². The Balaban J connectivity index is 2.11. The number of hydrogen-bond donors (Lipinski definition) is 1. The maximum atomic E-state index is 13.4. The van der Waals surface area contributed by atoms with Crippen LogP contribution in [0, 0.1) is 19.7 Å². The van der Waals surface area contributed by atoms with Gasteiger partial charge in [-0.2, -0.15) is 0 Å². The maximum Gasteiger partial charge on any atom is 0.140 e. The van der Waals surface area contributed by atoms with Crippen LogP contribution in [0.15, 0.2) is 22.7 Å². The van der Waals surface area contributed by atoms with Crippen LogP contribution in [-0.4, -0.2) is 12.2 Å². The molecule has 1 N–H and O–H groups in total. The molecule has 4 nitrogen and oxygen atoms in total. The van der Waals surface area contributed by atoms with Crippen molar-refractivity contribution in [3.05, 3.63) is 46.6 Å². The van der Waals surface area contributed by atoms with Crippen LogP contribution in [0.3, 0.4) is 0 Å². The number of nitrogens with one attached hydrogen (secondary N) is 1. The number of ether oxygens (including phenoxy) is 1. The first kappa shape index (κ1) is 13.5. The lowest BCUT2D eigenvalue weighted by Crippen LogP contribution is -2.06. The standard InChI is InChI=1S/C14H17FN2O2/c1-9-14(10(2)19-17-9)8-18-13-5-11(7-16-3)4-12(15)6-13/h4-6,16H,7-8H2,1-3H3. The van der Waals surface area contributed by atoms with Gasteiger partial charge in [-0.1, -0.05) is 5.16 Å². The van der Waals surface area contributed by atoms with E-state index < -0.39 is 0 Å². The minimum atomic E-state index is -0.304. The van der Waals surface area contributed by atoms with E-state index in [1.54, 1.807) is 0 Å². The quantitative estimate of drug-likeness (QED) is 0.902. The zero-order chi connectivity index (χ0) is 13.8. The first-order chi connectivity index (χ1) is 9.10. The third-order valence-electron chi connectivity index (χ3n) is 2.88. The SMILES string of the molecule is CNCc1cc(F)cc(OCc2c(C)noc2C)c1. The van der Waals surface area contributed by atoms with Gasteiger partial charge in [0.15, 0.2) is 0 Å². The topological polar surface area (TPSA) is 47.3 Å². The van der Waals surface area contributed by atoms with Gasteiger partial charge in [-0.15, -0.1) is 0 Å². The molecule has 2 aromatic rings. The fourth-order valence-corrected chi connectivity index (χ4v) is 1.87. The molecule has 102 valence electrons. The van der Waals surface area contributed by atoms with Gasteiger partial charge in [-0.25, -0.2) is 4.39 Å². The summed E-state index contributed by atoms with van der Waals surface area (Å²) >= 11 is 0. The smallest absolute Gasteiger partial charge is 0.140 e. The van der Waals surface area contributed by atoms with Crippen LogP contribution < -0.4 is 10.1 Å². The number of benzene rings is 1. The van der Waals surface area contributed by atoms with Crippen LogP contribution in [0.2, 0.25) is 0 Å². The Morgan fingerprint density at radius 1 is 1.32 bits per heavy atom. The molecular formula is C14H17FN2O2. The number of aryl methyl sites for hydroxylation is 2. The average Bonchev–Trinajstić information content (AvgIpc) is 2.66. The predicted octanol–water partition coefficient (Wildman–Crippen LogP) is 2.73. The second-order valence-corrected chi connectivity index (χ2v) is 4.42. The molecule has 0 amide bonds. The predicted molar refractivity (Wildman–Crippen MR) is 69.5 cm³/mol. The second-order valence-electron chi connectivity index (χ2n) is 4.42. The first-order valence-corrected chi connectivity index (χ1v) is 6.08. The van der Waals surface area contributed by atoms with Crippen LogP contribution in [0.25, 0.3) is 0 Å². The second kappa shape index (κ2) is 5.84. The van der Waals surface area contributed by atoms with Crippen LogP contribution in [0.1, 0.15) is 22.6 Å². The molecule has 19 heavy (non-hydrogen) atoms. The van der Waals surface area contributed by atoms with Crippen molar-refractivity contribution in [1.82, 2.24) is 10.5 Å². The van der Waals surface area contributed by atoms with Gasteiger partial charge in [-0.05, 0) is 38.6 Å². The van der Waals surface area contributed by atoms with Gasteiger partial charge in [-0.3, -0.25) is 0 Å². The molecule has 0 atom stereocenters. The van der Waals surface area contributed by atoms with Crippen molar-refractivity contribution in [2.24, 2.45) is 0 Å². The van der Waals surface area contributed by atoms with Crippen molar-refractivity contribution in [3.63, 3.8) is 0 Å². The third-order valence-corrected chi connectivity index (χ3v) is 2.88. The van der Waals surface area contributed by atoms with Gasteiger partial charge in [0, 0.05) is 12.6 Å². The van der Waals surface area contributed by atoms with Crippen molar-refractivity contribution in [3.8, 4) is 5.75 Å². The largest absolute Gasteiger partial charge is 0.489 e. The van der Waals surface area contributed by atoms with Crippen LogP contribution >= 0.6 is 0 Å². The van der Waals surface area contributed by atoms with Crippen LogP contribution in [0.4, 0.5) is 4.39 Å². The Morgan fingerprint density at radius 3 is 2.74 bits per heavy atom. The van der Waals surface area contributed by atoms with Crippen LogP contribution in [0.5, 0.6) is 5.75 Å². The molecule has 0 radical (unpaired) electrons. The van der Waals surface area contributed by atoms with E-state index in [9.17, 15) is 4.39 Å².